The maximum absolute atomic E-state index is 12.9. The van der Waals surface area contributed by atoms with E-state index in [9.17, 15) is 31.1 Å². The van der Waals surface area contributed by atoms with Crippen LogP contribution in [0.2, 0.25) is 0 Å². The van der Waals surface area contributed by atoms with Crippen molar-refractivity contribution in [3.05, 3.63) is 69.8 Å². The highest BCUT2D eigenvalue weighted by atomic mass is 19.4. The predicted octanol–water partition coefficient (Wildman–Crippen LogP) is 7.09. The van der Waals surface area contributed by atoms with Gasteiger partial charge in [0, 0.05) is 0 Å². The molecule has 0 fully saturated rings. The Bertz CT molecular complexity index is 947. The first-order valence-electron chi connectivity index (χ1n) is 10.7. The molecule has 2 aromatic carbocycles. The quantitative estimate of drug-likeness (QED) is 0.346. The summed E-state index contributed by atoms with van der Waals surface area (Å²) in [5.41, 5.74) is -0.700. The van der Waals surface area contributed by atoms with Gasteiger partial charge < -0.3 is 9.84 Å². The Hall–Kier alpha value is -2.55. The van der Waals surface area contributed by atoms with E-state index >= 15 is 0 Å². The zero-order valence-corrected chi connectivity index (χ0v) is 19.8. The molecule has 0 aliphatic rings. The van der Waals surface area contributed by atoms with Gasteiger partial charge in [0.05, 0.1) is 30.4 Å². The third-order valence-electron chi connectivity index (χ3n) is 4.75. The summed E-state index contributed by atoms with van der Waals surface area (Å²) in [5, 5.41) is 8.83. The second kappa shape index (κ2) is 12.2. The highest BCUT2D eigenvalue weighted by Gasteiger charge is 2.34. The van der Waals surface area contributed by atoms with Crippen LogP contribution >= 0.6 is 0 Å². The third-order valence-corrected chi connectivity index (χ3v) is 4.75. The van der Waals surface area contributed by atoms with Gasteiger partial charge in [-0.2, -0.15) is 26.3 Å². The van der Waals surface area contributed by atoms with Gasteiger partial charge in [0.2, 0.25) is 0 Å². The van der Waals surface area contributed by atoms with Gasteiger partial charge in [-0.1, -0.05) is 45.9 Å². The molecule has 1 N–H and O–H groups in total. The summed E-state index contributed by atoms with van der Waals surface area (Å²) in [6.07, 6.45) is -8.11. The second-order valence-electron chi connectivity index (χ2n) is 8.70. The highest BCUT2D eigenvalue weighted by Crippen LogP contribution is 2.35. The van der Waals surface area contributed by atoms with Crippen LogP contribution in [0.25, 0.3) is 0 Å². The molecule has 0 bridgehead atoms. The number of ether oxygens (including phenoxy) is 1. The molecule has 0 aromatic heterocycles. The van der Waals surface area contributed by atoms with Crippen molar-refractivity contribution in [1.29, 1.82) is 0 Å². The van der Waals surface area contributed by atoms with Crippen molar-refractivity contribution in [2.45, 2.75) is 59.5 Å². The molecule has 9 heteroatoms. The van der Waals surface area contributed by atoms with E-state index < -0.39 is 29.4 Å². The number of halogens is 6. The Balaban J connectivity index is 0.000000342. The first-order valence-corrected chi connectivity index (χ1v) is 10.7. The van der Waals surface area contributed by atoms with Crippen LogP contribution in [-0.4, -0.2) is 18.2 Å². The van der Waals surface area contributed by atoms with Crippen molar-refractivity contribution in [3.63, 3.8) is 0 Å². The van der Waals surface area contributed by atoms with Crippen LogP contribution in [-0.2, 0) is 36.5 Å². The van der Waals surface area contributed by atoms with E-state index in [1.807, 2.05) is 27.7 Å². The number of esters is 1. The standard InChI is InChI=1S/C13H15F3O2.C12H15F3O/c1-8(2)6-9-4-5-10(12(17)18-3)7-11(9)13(14,15)16;1-8(2)5-10-4-3-9(7-16)6-11(10)12(13,14)15/h4-5,7-8H,6H2,1-3H3;3-4,6,8,16H,5,7H2,1-2H3. The molecular formula is C25H30F6O3. The molecule has 0 aliphatic carbocycles. The molecule has 0 heterocycles. The Morgan fingerprint density at radius 3 is 1.65 bits per heavy atom. The van der Waals surface area contributed by atoms with E-state index in [4.69, 9.17) is 5.11 Å². The summed E-state index contributed by atoms with van der Waals surface area (Å²) in [7, 11) is 1.14. The number of carbonyl (C=O) groups excluding carboxylic acids is 1. The largest absolute Gasteiger partial charge is 0.465 e. The summed E-state index contributed by atoms with van der Waals surface area (Å²) in [4.78, 5) is 11.2. The van der Waals surface area contributed by atoms with E-state index in [2.05, 4.69) is 4.74 Å². The maximum Gasteiger partial charge on any atom is 0.416 e. The molecule has 0 aliphatic heterocycles. The lowest BCUT2D eigenvalue weighted by Gasteiger charge is -2.15. The lowest BCUT2D eigenvalue weighted by molar-refractivity contribution is -0.139. The smallest absolute Gasteiger partial charge is 0.416 e. The molecule has 2 rings (SSSR count). The summed E-state index contributed by atoms with van der Waals surface area (Å²) >= 11 is 0. The average molecular weight is 493 g/mol. The molecule has 3 nitrogen and oxygen atoms in total. The van der Waals surface area contributed by atoms with Crippen molar-refractivity contribution >= 4 is 5.97 Å². The van der Waals surface area contributed by atoms with Crippen molar-refractivity contribution in [2.24, 2.45) is 11.8 Å². The SMILES string of the molecule is CC(C)Cc1ccc(CO)cc1C(F)(F)F.COC(=O)c1ccc(CC(C)C)c(C(F)(F)F)c1. The minimum atomic E-state index is -4.46. The van der Waals surface area contributed by atoms with Gasteiger partial charge in [-0.05, 0) is 59.6 Å². The number of hydrogen-bond donors (Lipinski definition) is 1. The molecule has 190 valence electrons. The fourth-order valence-corrected chi connectivity index (χ4v) is 3.31. The molecule has 2 aromatic rings. The summed E-state index contributed by atoms with van der Waals surface area (Å²) in [5.74, 6) is -0.493. The zero-order chi connectivity index (χ0) is 26.3. The fraction of sp³-hybridized carbons (Fsp3) is 0.480. The number of methoxy groups -OCH3 is 1. The lowest BCUT2D eigenvalue weighted by Crippen LogP contribution is -2.13. The van der Waals surface area contributed by atoms with E-state index in [1.54, 1.807) is 0 Å². The van der Waals surface area contributed by atoms with E-state index in [0.717, 1.165) is 19.2 Å². The van der Waals surface area contributed by atoms with Gasteiger partial charge in [0.1, 0.15) is 0 Å². The van der Waals surface area contributed by atoms with Crippen molar-refractivity contribution in [2.75, 3.05) is 7.11 Å². The number of hydrogen-bond acceptors (Lipinski definition) is 3. The molecule has 0 saturated heterocycles. The Labute approximate surface area is 195 Å². The first kappa shape index (κ1) is 29.5. The monoisotopic (exact) mass is 492 g/mol. The number of aliphatic hydroxyl groups excluding tert-OH is 1. The van der Waals surface area contributed by atoms with E-state index in [0.29, 0.717) is 24.0 Å². The van der Waals surface area contributed by atoms with Crippen LogP contribution in [0.3, 0.4) is 0 Å². The topological polar surface area (TPSA) is 46.5 Å². The predicted molar refractivity (Wildman–Crippen MR) is 117 cm³/mol. The highest BCUT2D eigenvalue weighted by molar-refractivity contribution is 5.89. The minimum Gasteiger partial charge on any atom is -0.465 e. The molecule has 34 heavy (non-hydrogen) atoms. The molecular weight excluding hydrogens is 462 g/mol. The number of rotatable bonds is 6. The normalized spacial score (nSPS) is 11.9. The van der Waals surface area contributed by atoms with Crippen LogP contribution in [0, 0.1) is 11.8 Å². The summed E-state index contributed by atoms with van der Waals surface area (Å²) in [6, 6.07) is 7.57. The van der Waals surface area contributed by atoms with Gasteiger partial charge >= 0.3 is 18.3 Å². The number of alkyl halides is 6. The van der Waals surface area contributed by atoms with Crippen molar-refractivity contribution in [1.82, 2.24) is 0 Å². The fourth-order valence-electron chi connectivity index (χ4n) is 3.31. The molecule has 0 radical (unpaired) electrons. The Morgan fingerprint density at radius 1 is 0.824 bits per heavy atom. The van der Waals surface area contributed by atoms with Crippen LogP contribution in [0.1, 0.15) is 65.9 Å². The lowest BCUT2D eigenvalue weighted by atomic mass is 9.96. The number of carbonyl (C=O) groups is 1. The van der Waals surface area contributed by atoms with Crippen molar-refractivity contribution < 1.29 is 41.0 Å². The molecule has 0 spiro atoms. The Morgan fingerprint density at radius 2 is 1.26 bits per heavy atom. The number of benzene rings is 2. The molecule has 0 unspecified atom stereocenters. The van der Waals surface area contributed by atoms with Crippen molar-refractivity contribution in [3.8, 4) is 0 Å². The van der Waals surface area contributed by atoms with Gasteiger partial charge in [-0.3, -0.25) is 0 Å². The average Bonchev–Trinajstić information content (AvgIpc) is 2.71. The van der Waals surface area contributed by atoms with Gasteiger partial charge in [0.25, 0.3) is 0 Å². The zero-order valence-electron chi connectivity index (χ0n) is 19.8. The van der Waals surface area contributed by atoms with Gasteiger partial charge in [0.15, 0.2) is 0 Å². The molecule has 0 saturated carbocycles. The second-order valence-corrected chi connectivity index (χ2v) is 8.70. The molecule has 0 atom stereocenters. The van der Waals surface area contributed by atoms with Gasteiger partial charge in [-0.15, -0.1) is 0 Å². The van der Waals surface area contributed by atoms with Crippen LogP contribution < -0.4 is 0 Å². The Kier molecular flexibility index (Phi) is 10.6. The van der Waals surface area contributed by atoms with Gasteiger partial charge in [-0.25, -0.2) is 4.79 Å². The first-order chi connectivity index (χ1) is 15.6. The molecule has 0 amide bonds. The number of aliphatic hydroxyl groups is 1. The van der Waals surface area contributed by atoms with Crippen LogP contribution in [0.4, 0.5) is 26.3 Å². The summed E-state index contributed by atoms with van der Waals surface area (Å²) in [6.45, 7) is 7.06. The van der Waals surface area contributed by atoms with Crippen LogP contribution in [0.5, 0.6) is 0 Å². The minimum absolute atomic E-state index is 0.0858. The van der Waals surface area contributed by atoms with Crippen LogP contribution in [0.15, 0.2) is 36.4 Å². The van der Waals surface area contributed by atoms with E-state index in [-0.39, 0.29) is 29.6 Å². The summed E-state index contributed by atoms with van der Waals surface area (Å²) < 4.78 is 81.3. The maximum atomic E-state index is 12.9. The third kappa shape index (κ3) is 9.00. The van der Waals surface area contributed by atoms with E-state index in [1.165, 1.54) is 24.3 Å².